The molecular weight excluding hydrogens is 641 g/mol. The second-order valence-electron chi connectivity index (χ2n) is 11.3. The van der Waals surface area contributed by atoms with Crippen LogP contribution >= 0.6 is 23.2 Å². The number of hydrogen-bond acceptors (Lipinski definition) is 4. The van der Waals surface area contributed by atoms with Gasteiger partial charge in [-0.1, -0.05) is 114 Å². The lowest BCUT2D eigenvalue weighted by atomic mass is 10.0. The van der Waals surface area contributed by atoms with Gasteiger partial charge in [0.15, 0.2) is 0 Å². The Labute approximate surface area is 282 Å². The highest BCUT2D eigenvalue weighted by Gasteiger charge is 2.35. The standard InChI is InChI=1S/C36H39Cl2N3O4S/c1-4-5-20-39-36(43)34(22-28-11-7-6-8-12-28)40(24-29-13-9-10-27(3)21-29)35(42)25-41(33-23-30(37)16-19-32(33)38)46(44,45)31-17-14-26(2)15-18-31/h6-19,21,23,34H,4-5,20,22,24-25H2,1-3H3,(H,39,43). The van der Waals surface area contributed by atoms with Gasteiger partial charge in [0, 0.05) is 24.5 Å². The first-order valence-corrected chi connectivity index (χ1v) is 17.4. The molecule has 242 valence electrons. The van der Waals surface area contributed by atoms with Crippen molar-refractivity contribution in [2.24, 2.45) is 0 Å². The maximum atomic E-state index is 14.6. The molecule has 0 aliphatic rings. The van der Waals surface area contributed by atoms with E-state index in [1.807, 2.05) is 75.4 Å². The van der Waals surface area contributed by atoms with Crippen LogP contribution in [0.4, 0.5) is 5.69 Å². The molecule has 0 aliphatic heterocycles. The summed E-state index contributed by atoms with van der Waals surface area (Å²) in [6, 6.07) is 27.0. The molecular formula is C36H39Cl2N3O4S. The number of carbonyl (C=O) groups is 2. The molecule has 46 heavy (non-hydrogen) atoms. The summed E-state index contributed by atoms with van der Waals surface area (Å²) >= 11 is 12.9. The molecule has 4 rings (SSSR count). The molecule has 2 amide bonds. The third-order valence-corrected chi connectivity index (χ3v) is 9.93. The van der Waals surface area contributed by atoms with Crippen molar-refractivity contribution in [2.75, 3.05) is 17.4 Å². The highest BCUT2D eigenvalue weighted by atomic mass is 35.5. The Morgan fingerprint density at radius 3 is 2.20 bits per heavy atom. The summed E-state index contributed by atoms with van der Waals surface area (Å²) in [5.41, 5.74) is 3.60. The van der Waals surface area contributed by atoms with Crippen LogP contribution in [-0.4, -0.2) is 44.3 Å². The Morgan fingerprint density at radius 1 is 0.826 bits per heavy atom. The smallest absolute Gasteiger partial charge is 0.264 e. The van der Waals surface area contributed by atoms with Crippen LogP contribution in [0.25, 0.3) is 0 Å². The van der Waals surface area contributed by atoms with E-state index in [-0.39, 0.29) is 39.5 Å². The summed E-state index contributed by atoms with van der Waals surface area (Å²) in [7, 11) is -4.30. The molecule has 0 fully saturated rings. The Hall–Kier alpha value is -3.85. The maximum absolute atomic E-state index is 14.6. The summed E-state index contributed by atoms with van der Waals surface area (Å²) < 4.78 is 29.4. The van der Waals surface area contributed by atoms with Crippen LogP contribution in [0.15, 0.2) is 102 Å². The van der Waals surface area contributed by atoms with Gasteiger partial charge in [0.05, 0.1) is 15.6 Å². The minimum atomic E-state index is -4.30. The van der Waals surface area contributed by atoms with Gasteiger partial charge in [0.2, 0.25) is 11.8 Å². The van der Waals surface area contributed by atoms with Crippen LogP contribution in [0.1, 0.15) is 42.0 Å². The molecule has 10 heteroatoms. The number of rotatable bonds is 14. The highest BCUT2D eigenvalue weighted by Crippen LogP contribution is 2.33. The molecule has 0 bridgehead atoms. The van der Waals surface area contributed by atoms with E-state index in [1.54, 1.807) is 18.2 Å². The van der Waals surface area contributed by atoms with Crippen LogP contribution in [0.5, 0.6) is 0 Å². The molecule has 0 aliphatic carbocycles. The van der Waals surface area contributed by atoms with Crippen molar-refractivity contribution in [3.05, 3.63) is 129 Å². The van der Waals surface area contributed by atoms with Gasteiger partial charge in [0.1, 0.15) is 12.6 Å². The quantitative estimate of drug-likeness (QED) is 0.141. The molecule has 0 spiro atoms. The van der Waals surface area contributed by atoms with E-state index in [9.17, 15) is 18.0 Å². The first-order valence-electron chi connectivity index (χ1n) is 15.2. The molecule has 0 saturated carbocycles. The maximum Gasteiger partial charge on any atom is 0.264 e. The van der Waals surface area contributed by atoms with Crippen molar-refractivity contribution in [2.45, 2.75) is 57.5 Å². The van der Waals surface area contributed by atoms with Crippen LogP contribution < -0.4 is 9.62 Å². The van der Waals surface area contributed by atoms with Crippen LogP contribution in [0.3, 0.4) is 0 Å². The Kier molecular flexibility index (Phi) is 12.3. The van der Waals surface area contributed by atoms with Crippen LogP contribution in [0.2, 0.25) is 10.0 Å². The molecule has 0 radical (unpaired) electrons. The molecule has 0 heterocycles. The topological polar surface area (TPSA) is 86.8 Å². The van der Waals surface area contributed by atoms with Gasteiger partial charge in [0.25, 0.3) is 10.0 Å². The van der Waals surface area contributed by atoms with E-state index in [0.717, 1.165) is 39.4 Å². The molecule has 4 aromatic rings. The van der Waals surface area contributed by atoms with Gasteiger partial charge in [-0.2, -0.15) is 0 Å². The summed E-state index contributed by atoms with van der Waals surface area (Å²) in [5, 5.41) is 3.36. The Morgan fingerprint density at radius 2 is 1.52 bits per heavy atom. The van der Waals surface area contributed by atoms with E-state index in [1.165, 1.54) is 29.2 Å². The van der Waals surface area contributed by atoms with Crippen molar-refractivity contribution in [3.63, 3.8) is 0 Å². The van der Waals surface area contributed by atoms with Gasteiger partial charge in [-0.25, -0.2) is 8.42 Å². The zero-order valence-electron chi connectivity index (χ0n) is 26.2. The SMILES string of the molecule is CCCCNC(=O)C(Cc1ccccc1)N(Cc1cccc(C)c1)C(=O)CN(c1cc(Cl)ccc1Cl)S(=O)(=O)c1ccc(C)cc1. The van der Waals surface area contributed by atoms with Crippen molar-refractivity contribution >= 4 is 50.7 Å². The van der Waals surface area contributed by atoms with E-state index in [4.69, 9.17) is 23.2 Å². The molecule has 1 atom stereocenters. The summed E-state index contributed by atoms with van der Waals surface area (Å²) in [4.78, 5) is 29.9. The number of nitrogens with one attached hydrogen (secondary N) is 1. The minimum absolute atomic E-state index is 0.00896. The molecule has 0 saturated heterocycles. The predicted octanol–water partition coefficient (Wildman–Crippen LogP) is 7.36. The van der Waals surface area contributed by atoms with Crippen molar-refractivity contribution < 1.29 is 18.0 Å². The number of nitrogens with zero attached hydrogens (tertiary/aromatic N) is 2. The summed E-state index contributed by atoms with van der Waals surface area (Å²) in [6.45, 7) is 5.76. The van der Waals surface area contributed by atoms with Gasteiger partial charge >= 0.3 is 0 Å². The molecule has 7 nitrogen and oxygen atoms in total. The average Bonchev–Trinajstić information content (AvgIpc) is 3.03. The zero-order chi connectivity index (χ0) is 33.3. The fourth-order valence-corrected chi connectivity index (χ4v) is 6.96. The number of sulfonamides is 1. The van der Waals surface area contributed by atoms with Gasteiger partial charge in [-0.3, -0.25) is 13.9 Å². The minimum Gasteiger partial charge on any atom is -0.354 e. The van der Waals surface area contributed by atoms with E-state index >= 15 is 0 Å². The monoisotopic (exact) mass is 679 g/mol. The second kappa shape index (κ2) is 16.1. The number of unbranched alkanes of at least 4 members (excludes halogenated alkanes) is 1. The summed E-state index contributed by atoms with van der Waals surface area (Å²) in [6.07, 6.45) is 1.91. The van der Waals surface area contributed by atoms with Gasteiger partial charge < -0.3 is 10.2 Å². The zero-order valence-corrected chi connectivity index (χ0v) is 28.6. The lowest BCUT2D eigenvalue weighted by molar-refractivity contribution is -0.140. The van der Waals surface area contributed by atoms with Crippen LogP contribution in [-0.2, 0) is 32.6 Å². The van der Waals surface area contributed by atoms with E-state index < -0.39 is 28.5 Å². The van der Waals surface area contributed by atoms with Crippen molar-refractivity contribution in [3.8, 4) is 0 Å². The van der Waals surface area contributed by atoms with E-state index in [0.29, 0.717) is 6.54 Å². The third-order valence-electron chi connectivity index (χ3n) is 7.60. The fraction of sp³-hybridized carbons (Fsp3) is 0.278. The molecule has 1 unspecified atom stereocenters. The fourth-order valence-electron chi connectivity index (χ4n) is 5.10. The van der Waals surface area contributed by atoms with Crippen molar-refractivity contribution in [1.29, 1.82) is 0 Å². The van der Waals surface area contributed by atoms with Crippen LogP contribution in [0, 0.1) is 13.8 Å². The molecule has 1 N–H and O–H groups in total. The summed E-state index contributed by atoms with van der Waals surface area (Å²) in [5.74, 6) is -0.883. The predicted molar refractivity (Wildman–Crippen MR) is 186 cm³/mol. The number of halogens is 2. The first-order chi connectivity index (χ1) is 22.0. The lowest BCUT2D eigenvalue weighted by Gasteiger charge is -2.34. The van der Waals surface area contributed by atoms with Crippen molar-refractivity contribution in [1.82, 2.24) is 10.2 Å². The number of carbonyl (C=O) groups excluding carboxylic acids is 2. The van der Waals surface area contributed by atoms with Gasteiger partial charge in [-0.15, -0.1) is 0 Å². The normalized spacial score (nSPS) is 11.9. The number of hydrogen-bond donors (Lipinski definition) is 1. The highest BCUT2D eigenvalue weighted by molar-refractivity contribution is 7.92. The average molecular weight is 681 g/mol. The third kappa shape index (κ3) is 9.12. The number of anilines is 1. The lowest BCUT2D eigenvalue weighted by Crippen LogP contribution is -2.53. The second-order valence-corrected chi connectivity index (χ2v) is 14.0. The molecule has 4 aromatic carbocycles. The first kappa shape index (κ1) is 35.0. The van der Waals surface area contributed by atoms with E-state index in [2.05, 4.69) is 5.32 Å². The van der Waals surface area contributed by atoms with Gasteiger partial charge in [-0.05, 0) is 61.7 Å². The number of amides is 2. The number of benzene rings is 4. The Bertz CT molecular complexity index is 1750. The Balaban J connectivity index is 1.82. The molecule has 0 aromatic heterocycles. The largest absolute Gasteiger partial charge is 0.354 e. The number of aryl methyl sites for hydroxylation is 2.